The van der Waals surface area contributed by atoms with Gasteiger partial charge >= 0.3 is 0 Å². The number of nitrogens with two attached hydrogens (primary N) is 1. The smallest absolute Gasteiger partial charge is 0.221 e. The molecule has 6 nitrogen and oxygen atoms in total. The molecule has 2 aromatic rings. The van der Waals surface area contributed by atoms with Crippen molar-refractivity contribution in [2.75, 3.05) is 11.6 Å². The Labute approximate surface area is 166 Å². The number of hydrogen-bond donors (Lipinski definition) is 2. The number of carbonyl (C=O) groups is 1. The van der Waals surface area contributed by atoms with Crippen molar-refractivity contribution in [1.29, 1.82) is 0 Å². The minimum Gasteiger partial charge on any atom is -0.353 e. The van der Waals surface area contributed by atoms with Gasteiger partial charge in [-0.1, -0.05) is 54.2 Å². The largest absolute Gasteiger partial charge is 0.353 e. The number of benzene rings is 1. The third kappa shape index (κ3) is 4.84. The number of hydrogen-bond acceptors (Lipinski definition) is 5. The molecule has 1 aromatic heterocycles. The summed E-state index contributed by atoms with van der Waals surface area (Å²) >= 11 is 13.5. The number of carbonyl (C=O) groups excluding carboxylic acids is 1. The van der Waals surface area contributed by atoms with E-state index >= 15 is 0 Å². The molecule has 1 fully saturated rings. The second-order valence-electron chi connectivity index (χ2n) is 6.30. The van der Waals surface area contributed by atoms with Crippen molar-refractivity contribution < 1.29 is 4.79 Å². The maximum atomic E-state index is 12.1. The first kappa shape index (κ1) is 19.3. The van der Waals surface area contributed by atoms with E-state index in [9.17, 15) is 4.79 Å². The van der Waals surface area contributed by atoms with E-state index in [1.54, 1.807) is 18.2 Å². The first-order chi connectivity index (χ1) is 12.5. The number of rotatable bonds is 6. The summed E-state index contributed by atoms with van der Waals surface area (Å²) in [6, 6.07) is 5.44. The van der Waals surface area contributed by atoms with Gasteiger partial charge in [0, 0.05) is 28.8 Å². The van der Waals surface area contributed by atoms with Gasteiger partial charge in [0.25, 0.3) is 0 Å². The summed E-state index contributed by atoms with van der Waals surface area (Å²) in [6.45, 7) is 0. The molecule has 1 aliphatic carbocycles. The maximum absolute atomic E-state index is 12.1. The molecule has 3 rings (SSSR count). The van der Waals surface area contributed by atoms with Gasteiger partial charge in [-0.25, -0.2) is 4.68 Å². The van der Waals surface area contributed by atoms with Crippen molar-refractivity contribution in [3.05, 3.63) is 28.2 Å². The van der Waals surface area contributed by atoms with Crippen molar-refractivity contribution in [2.24, 2.45) is 0 Å². The number of halogens is 2. The summed E-state index contributed by atoms with van der Waals surface area (Å²) in [7, 11) is 0. The van der Waals surface area contributed by atoms with Gasteiger partial charge < -0.3 is 11.2 Å². The monoisotopic (exact) mass is 413 g/mol. The summed E-state index contributed by atoms with van der Waals surface area (Å²) in [5.74, 6) is 7.21. The molecule has 9 heteroatoms. The van der Waals surface area contributed by atoms with Crippen LogP contribution in [0.15, 0.2) is 23.4 Å². The Kier molecular flexibility index (Phi) is 6.67. The van der Waals surface area contributed by atoms with Crippen LogP contribution in [0.3, 0.4) is 0 Å². The molecule has 0 saturated heterocycles. The standard InChI is InChI=1S/C17H21Cl2N5OS/c18-11-6-7-13(14(19)10-11)16-22-23-17(24(16)20)26-9-8-15(25)21-12-4-2-1-3-5-12/h6-7,10,12H,1-5,8-9,20H2,(H,21,25). The molecule has 0 bridgehead atoms. The van der Waals surface area contributed by atoms with Gasteiger partial charge in [-0.3, -0.25) is 4.79 Å². The molecule has 140 valence electrons. The molecular formula is C17H21Cl2N5OS. The highest BCUT2D eigenvalue weighted by atomic mass is 35.5. The molecule has 0 spiro atoms. The van der Waals surface area contributed by atoms with E-state index in [0.717, 1.165) is 12.8 Å². The van der Waals surface area contributed by atoms with Crippen LogP contribution in [0.25, 0.3) is 11.4 Å². The number of thioether (sulfide) groups is 1. The van der Waals surface area contributed by atoms with Crippen LogP contribution in [0, 0.1) is 0 Å². The SMILES string of the molecule is Nn1c(SCCC(=O)NC2CCCCC2)nnc1-c1ccc(Cl)cc1Cl. The number of amides is 1. The Bertz CT molecular complexity index is 777. The zero-order valence-corrected chi connectivity index (χ0v) is 16.6. The summed E-state index contributed by atoms with van der Waals surface area (Å²) in [6.07, 6.45) is 6.26. The van der Waals surface area contributed by atoms with Crippen LogP contribution in [0.4, 0.5) is 0 Å². The predicted octanol–water partition coefficient (Wildman–Crippen LogP) is 3.90. The van der Waals surface area contributed by atoms with E-state index in [1.165, 1.54) is 35.7 Å². The topological polar surface area (TPSA) is 85.8 Å². The van der Waals surface area contributed by atoms with E-state index in [2.05, 4.69) is 15.5 Å². The van der Waals surface area contributed by atoms with Gasteiger partial charge in [0.05, 0.1) is 5.02 Å². The van der Waals surface area contributed by atoms with Crippen LogP contribution in [0.5, 0.6) is 0 Å². The first-order valence-corrected chi connectivity index (χ1v) is 10.4. The Balaban J connectivity index is 1.54. The van der Waals surface area contributed by atoms with Crippen LogP contribution in [0.2, 0.25) is 10.0 Å². The van der Waals surface area contributed by atoms with Gasteiger partial charge in [-0.15, -0.1) is 10.2 Å². The summed E-state index contributed by atoms with van der Waals surface area (Å²) in [4.78, 5) is 12.1. The number of aromatic nitrogens is 3. The quantitative estimate of drug-likeness (QED) is 0.553. The fourth-order valence-electron chi connectivity index (χ4n) is 3.01. The third-order valence-electron chi connectivity index (χ3n) is 4.37. The summed E-state index contributed by atoms with van der Waals surface area (Å²) < 4.78 is 1.39. The summed E-state index contributed by atoms with van der Waals surface area (Å²) in [5, 5.41) is 12.8. The molecule has 1 aromatic carbocycles. The lowest BCUT2D eigenvalue weighted by molar-refractivity contribution is -0.121. The van der Waals surface area contributed by atoms with Crippen molar-refractivity contribution in [2.45, 2.75) is 49.7 Å². The molecule has 1 saturated carbocycles. The molecule has 3 N–H and O–H groups in total. The van der Waals surface area contributed by atoms with Crippen molar-refractivity contribution in [1.82, 2.24) is 20.2 Å². The number of nitrogens with zero attached hydrogens (tertiary/aromatic N) is 3. The molecule has 1 aliphatic rings. The zero-order valence-electron chi connectivity index (χ0n) is 14.3. The lowest BCUT2D eigenvalue weighted by Gasteiger charge is -2.22. The van der Waals surface area contributed by atoms with Gasteiger partial charge in [0.2, 0.25) is 11.1 Å². The molecule has 0 radical (unpaired) electrons. The molecule has 1 amide bonds. The van der Waals surface area contributed by atoms with E-state index < -0.39 is 0 Å². The Morgan fingerprint density at radius 2 is 2.04 bits per heavy atom. The highest BCUT2D eigenvalue weighted by Gasteiger charge is 2.17. The normalized spacial score (nSPS) is 15.2. The average molecular weight is 414 g/mol. The van der Waals surface area contributed by atoms with E-state index in [-0.39, 0.29) is 5.91 Å². The van der Waals surface area contributed by atoms with Crippen LogP contribution in [-0.2, 0) is 4.79 Å². The molecule has 0 unspecified atom stereocenters. The van der Waals surface area contributed by atoms with Gasteiger partial charge in [0.15, 0.2) is 5.82 Å². The highest BCUT2D eigenvalue weighted by molar-refractivity contribution is 7.99. The molecule has 26 heavy (non-hydrogen) atoms. The van der Waals surface area contributed by atoms with E-state index in [4.69, 9.17) is 29.0 Å². The second kappa shape index (κ2) is 8.97. The number of nitrogens with one attached hydrogen (secondary N) is 1. The second-order valence-corrected chi connectivity index (χ2v) is 8.21. The van der Waals surface area contributed by atoms with Crippen molar-refractivity contribution in [3.63, 3.8) is 0 Å². The van der Waals surface area contributed by atoms with Crippen LogP contribution in [-0.4, -0.2) is 32.6 Å². The fraction of sp³-hybridized carbons (Fsp3) is 0.471. The number of nitrogen functional groups attached to an aromatic ring is 1. The zero-order chi connectivity index (χ0) is 18.5. The molecule has 0 aliphatic heterocycles. The lowest BCUT2D eigenvalue weighted by Crippen LogP contribution is -2.36. The predicted molar refractivity (Wildman–Crippen MR) is 106 cm³/mol. The fourth-order valence-corrected chi connectivity index (χ4v) is 4.30. The maximum Gasteiger partial charge on any atom is 0.221 e. The van der Waals surface area contributed by atoms with Gasteiger partial charge in [-0.2, -0.15) is 0 Å². The first-order valence-electron chi connectivity index (χ1n) is 8.62. The minimum atomic E-state index is 0.0773. The van der Waals surface area contributed by atoms with Gasteiger partial charge in [0.1, 0.15) is 0 Å². The minimum absolute atomic E-state index is 0.0773. The highest BCUT2D eigenvalue weighted by Crippen LogP contribution is 2.30. The Morgan fingerprint density at radius 3 is 2.77 bits per heavy atom. The Morgan fingerprint density at radius 1 is 1.27 bits per heavy atom. The van der Waals surface area contributed by atoms with Crippen LogP contribution < -0.4 is 11.2 Å². The van der Waals surface area contributed by atoms with Crippen LogP contribution in [0.1, 0.15) is 38.5 Å². The van der Waals surface area contributed by atoms with Crippen molar-refractivity contribution >= 4 is 40.9 Å². The van der Waals surface area contributed by atoms with Crippen LogP contribution >= 0.6 is 35.0 Å². The third-order valence-corrected chi connectivity index (χ3v) is 5.86. The van der Waals surface area contributed by atoms with Crippen molar-refractivity contribution in [3.8, 4) is 11.4 Å². The Hall–Kier alpha value is -1.44. The molecule has 1 heterocycles. The molecule has 0 atom stereocenters. The average Bonchev–Trinajstić information content (AvgIpc) is 2.97. The van der Waals surface area contributed by atoms with E-state index in [0.29, 0.717) is 44.8 Å². The van der Waals surface area contributed by atoms with Gasteiger partial charge in [-0.05, 0) is 31.0 Å². The molecular weight excluding hydrogens is 393 g/mol. The summed E-state index contributed by atoms with van der Waals surface area (Å²) in [5.41, 5.74) is 0.660. The lowest BCUT2D eigenvalue weighted by atomic mass is 9.95. The van der Waals surface area contributed by atoms with E-state index in [1.807, 2.05) is 0 Å².